The zero-order chi connectivity index (χ0) is 16.9. The van der Waals surface area contributed by atoms with E-state index in [4.69, 9.17) is 32.7 Å². The number of amides is 1. The van der Waals surface area contributed by atoms with Crippen LogP contribution in [0.15, 0.2) is 36.4 Å². The van der Waals surface area contributed by atoms with E-state index in [0.29, 0.717) is 41.2 Å². The molecule has 0 aromatic heterocycles. The Morgan fingerprint density at radius 1 is 1.08 bits per heavy atom. The molecule has 24 heavy (non-hydrogen) atoms. The maximum absolute atomic E-state index is 12.0. The highest BCUT2D eigenvalue weighted by atomic mass is 35.5. The van der Waals surface area contributed by atoms with E-state index in [1.807, 2.05) is 18.2 Å². The summed E-state index contributed by atoms with van der Waals surface area (Å²) in [5, 5.41) is 6.68. The van der Waals surface area contributed by atoms with Gasteiger partial charge in [0.2, 0.25) is 5.91 Å². The van der Waals surface area contributed by atoms with Crippen LogP contribution in [0.2, 0.25) is 10.0 Å². The first-order valence-electron chi connectivity index (χ1n) is 7.51. The molecule has 1 aliphatic rings. The van der Waals surface area contributed by atoms with E-state index in [1.165, 1.54) is 0 Å². The zero-order valence-electron chi connectivity index (χ0n) is 12.8. The third-order valence-electron chi connectivity index (χ3n) is 3.45. The average molecular weight is 367 g/mol. The molecule has 2 aromatic carbocycles. The maximum atomic E-state index is 12.0. The van der Waals surface area contributed by atoms with E-state index < -0.39 is 0 Å². The number of ether oxygens (including phenoxy) is 2. The van der Waals surface area contributed by atoms with Gasteiger partial charge in [0, 0.05) is 24.7 Å². The Hall–Kier alpha value is -2.11. The molecular weight excluding hydrogens is 351 g/mol. The van der Waals surface area contributed by atoms with E-state index in [0.717, 1.165) is 11.4 Å². The summed E-state index contributed by atoms with van der Waals surface area (Å²) >= 11 is 12.0. The Bertz CT molecular complexity index is 753. The first-order valence-corrected chi connectivity index (χ1v) is 8.26. The lowest BCUT2D eigenvalue weighted by molar-refractivity contribution is -0.115. The van der Waals surface area contributed by atoms with Crippen molar-refractivity contribution in [3.8, 4) is 11.5 Å². The minimum absolute atomic E-state index is 0.149. The smallest absolute Gasteiger partial charge is 0.226 e. The molecule has 0 radical (unpaired) electrons. The molecule has 0 unspecified atom stereocenters. The number of hydrogen-bond donors (Lipinski definition) is 2. The predicted molar refractivity (Wildman–Crippen MR) is 95.6 cm³/mol. The molecule has 3 rings (SSSR count). The van der Waals surface area contributed by atoms with Crippen molar-refractivity contribution in [2.24, 2.45) is 0 Å². The van der Waals surface area contributed by atoms with E-state index in [1.54, 1.807) is 18.2 Å². The van der Waals surface area contributed by atoms with Crippen LogP contribution in [0, 0.1) is 0 Å². The van der Waals surface area contributed by atoms with Crippen molar-refractivity contribution < 1.29 is 14.3 Å². The first-order chi connectivity index (χ1) is 11.6. The normalized spacial score (nSPS) is 12.6. The number of halogens is 2. The van der Waals surface area contributed by atoms with E-state index in [2.05, 4.69) is 10.6 Å². The molecule has 2 N–H and O–H groups in total. The van der Waals surface area contributed by atoms with E-state index in [-0.39, 0.29) is 12.3 Å². The summed E-state index contributed by atoms with van der Waals surface area (Å²) in [5.74, 6) is 1.30. The van der Waals surface area contributed by atoms with Crippen molar-refractivity contribution in [1.82, 2.24) is 0 Å². The molecule has 1 amide bonds. The molecule has 5 nitrogen and oxygen atoms in total. The van der Waals surface area contributed by atoms with Gasteiger partial charge in [-0.3, -0.25) is 4.79 Å². The van der Waals surface area contributed by atoms with Crippen molar-refractivity contribution in [2.45, 2.75) is 6.42 Å². The topological polar surface area (TPSA) is 59.6 Å². The fourth-order valence-electron chi connectivity index (χ4n) is 2.29. The number of hydrogen-bond acceptors (Lipinski definition) is 4. The lowest BCUT2D eigenvalue weighted by Crippen LogP contribution is -2.17. The lowest BCUT2D eigenvalue weighted by atomic mass is 10.2. The number of benzene rings is 2. The van der Waals surface area contributed by atoms with Crippen molar-refractivity contribution in [3.05, 3.63) is 46.4 Å². The number of nitrogens with one attached hydrogen (secondary N) is 2. The highest BCUT2D eigenvalue weighted by Crippen LogP contribution is 2.32. The Balaban J connectivity index is 1.51. The fraction of sp³-hybridized carbons (Fsp3) is 0.235. The van der Waals surface area contributed by atoms with Gasteiger partial charge in [-0.05, 0) is 24.3 Å². The number of carbonyl (C=O) groups excluding carboxylic acids is 1. The molecule has 0 bridgehead atoms. The minimum Gasteiger partial charge on any atom is -0.486 e. The van der Waals surface area contributed by atoms with Gasteiger partial charge in [-0.15, -0.1) is 0 Å². The molecule has 0 saturated heterocycles. The number of carbonyl (C=O) groups is 1. The highest BCUT2D eigenvalue weighted by Gasteiger charge is 2.12. The monoisotopic (exact) mass is 366 g/mol. The molecule has 0 atom stereocenters. The molecule has 0 fully saturated rings. The molecule has 2 aromatic rings. The molecule has 126 valence electrons. The van der Waals surface area contributed by atoms with Gasteiger partial charge in [-0.2, -0.15) is 0 Å². The second-order valence-electron chi connectivity index (χ2n) is 5.18. The third-order valence-corrected chi connectivity index (χ3v) is 4.27. The van der Waals surface area contributed by atoms with E-state index >= 15 is 0 Å². The Labute approximate surface area is 149 Å². The molecular formula is C17H16Cl2N2O3. The highest BCUT2D eigenvalue weighted by molar-refractivity contribution is 6.43. The fourth-order valence-corrected chi connectivity index (χ4v) is 2.63. The van der Waals surface area contributed by atoms with Gasteiger partial charge in [-0.1, -0.05) is 29.3 Å². The second kappa shape index (κ2) is 7.64. The second-order valence-corrected chi connectivity index (χ2v) is 5.97. The van der Waals surface area contributed by atoms with Gasteiger partial charge in [0.1, 0.15) is 13.2 Å². The van der Waals surface area contributed by atoms with Gasteiger partial charge >= 0.3 is 0 Å². The molecule has 0 saturated carbocycles. The van der Waals surface area contributed by atoms with Crippen LogP contribution in [0.1, 0.15) is 6.42 Å². The van der Waals surface area contributed by atoms with Crippen molar-refractivity contribution in [2.75, 3.05) is 30.4 Å². The Morgan fingerprint density at radius 2 is 1.88 bits per heavy atom. The summed E-state index contributed by atoms with van der Waals surface area (Å²) < 4.78 is 11.0. The van der Waals surface area contributed by atoms with Crippen LogP contribution >= 0.6 is 23.2 Å². The summed E-state index contributed by atoms with van der Waals surface area (Å²) in [6.07, 6.45) is 0.289. The summed E-state index contributed by atoms with van der Waals surface area (Å²) in [5.41, 5.74) is 1.38. The van der Waals surface area contributed by atoms with Crippen LogP contribution in [-0.2, 0) is 4.79 Å². The third kappa shape index (κ3) is 4.04. The lowest BCUT2D eigenvalue weighted by Gasteiger charge is -2.19. The minimum atomic E-state index is -0.149. The summed E-state index contributed by atoms with van der Waals surface area (Å²) in [7, 11) is 0. The largest absolute Gasteiger partial charge is 0.486 e. The number of fused-ring (bicyclic) bond motifs is 1. The standard InChI is InChI=1S/C17H16Cl2N2O3/c18-12-2-1-3-13(17(12)19)21-16(22)6-7-20-11-4-5-14-15(10-11)24-9-8-23-14/h1-5,10,20H,6-9H2,(H,21,22). The molecule has 1 heterocycles. The van der Waals surface area contributed by atoms with Gasteiger partial charge in [0.05, 0.1) is 15.7 Å². The Morgan fingerprint density at radius 3 is 2.71 bits per heavy atom. The van der Waals surface area contributed by atoms with Crippen molar-refractivity contribution in [1.29, 1.82) is 0 Å². The molecule has 0 aliphatic carbocycles. The van der Waals surface area contributed by atoms with Crippen LogP contribution in [0.3, 0.4) is 0 Å². The van der Waals surface area contributed by atoms with Gasteiger partial charge < -0.3 is 20.1 Å². The average Bonchev–Trinajstić information content (AvgIpc) is 2.59. The summed E-state index contributed by atoms with van der Waals surface area (Å²) in [4.78, 5) is 12.0. The van der Waals surface area contributed by atoms with Gasteiger partial charge in [0.15, 0.2) is 11.5 Å². The van der Waals surface area contributed by atoms with Crippen molar-refractivity contribution in [3.63, 3.8) is 0 Å². The van der Waals surface area contributed by atoms with Crippen LogP contribution in [-0.4, -0.2) is 25.7 Å². The maximum Gasteiger partial charge on any atom is 0.226 e. The van der Waals surface area contributed by atoms with Gasteiger partial charge in [-0.25, -0.2) is 0 Å². The first kappa shape index (κ1) is 16.7. The number of rotatable bonds is 5. The van der Waals surface area contributed by atoms with E-state index in [9.17, 15) is 4.79 Å². The van der Waals surface area contributed by atoms with Crippen LogP contribution < -0.4 is 20.1 Å². The summed E-state index contributed by atoms with van der Waals surface area (Å²) in [6, 6.07) is 10.7. The zero-order valence-corrected chi connectivity index (χ0v) is 14.3. The van der Waals surface area contributed by atoms with Crippen LogP contribution in [0.4, 0.5) is 11.4 Å². The molecule has 7 heteroatoms. The quantitative estimate of drug-likeness (QED) is 0.832. The number of anilines is 2. The molecule has 0 spiro atoms. The van der Waals surface area contributed by atoms with Crippen LogP contribution in [0.25, 0.3) is 0 Å². The van der Waals surface area contributed by atoms with Gasteiger partial charge in [0.25, 0.3) is 0 Å². The SMILES string of the molecule is O=C(CCNc1ccc2c(c1)OCCO2)Nc1cccc(Cl)c1Cl. The Kier molecular flexibility index (Phi) is 5.33. The van der Waals surface area contributed by atoms with Crippen LogP contribution in [0.5, 0.6) is 11.5 Å². The summed E-state index contributed by atoms with van der Waals surface area (Å²) in [6.45, 7) is 1.58. The molecule has 1 aliphatic heterocycles. The van der Waals surface area contributed by atoms with Crippen molar-refractivity contribution >= 4 is 40.5 Å². The predicted octanol–water partition coefficient (Wildman–Crippen LogP) is 4.21.